The zero-order valence-electron chi connectivity index (χ0n) is 16.5. The van der Waals surface area contributed by atoms with Gasteiger partial charge in [-0.25, -0.2) is 9.97 Å². The number of anilines is 1. The highest BCUT2D eigenvalue weighted by Gasteiger charge is 2.15. The molecule has 0 fully saturated rings. The van der Waals surface area contributed by atoms with Gasteiger partial charge in [-0.05, 0) is 31.2 Å². The Morgan fingerprint density at radius 3 is 2.90 bits per heavy atom. The van der Waals surface area contributed by atoms with Gasteiger partial charge in [-0.2, -0.15) is 0 Å². The number of aromatic nitrogens is 3. The first-order valence-electron chi connectivity index (χ1n) is 9.47. The Balaban J connectivity index is 1.43. The second kappa shape index (κ2) is 8.92. The number of hydrogen-bond acceptors (Lipinski definition) is 8. The van der Waals surface area contributed by atoms with E-state index in [0.717, 1.165) is 0 Å². The van der Waals surface area contributed by atoms with Crippen LogP contribution in [0.25, 0.3) is 10.9 Å². The van der Waals surface area contributed by atoms with Crippen LogP contribution in [0.1, 0.15) is 28.9 Å². The minimum Gasteiger partial charge on any atom is -0.466 e. The van der Waals surface area contributed by atoms with Gasteiger partial charge in [-0.15, -0.1) is 11.3 Å². The molecule has 3 aromatic heterocycles. The summed E-state index contributed by atoms with van der Waals surface area (Å²) in [6.07, 6.45) is 1.49. The van der Waals surface area contributed by atoms with E-state index in [2.05, 4.69) is 15.3 Å². The lowest BCUT2D eigenvalue weighted by Crippen LogP contribution is -2.20. The van der Waals surface area contributed by atoms with Crippen LogP contribution in [0, 0.1) is 0 Å². The van der Waals surface area contributed by atoms with Crippen molar-refractivity contribution in [2.75, 3.05) is 11.9 Å². The number of ether oxygens (including phenoxy) is 1. The molecular formula is C21H18N4O5S. The number of hydrogen-bond donors (Lipinski definition) is 1. The molecule has 1 N–H and O–H groups in total. The highest BCUT2D eigenvalue weighted by molar-refractivity contribution is 7.14. The van der Waals surface area contributed by atoms with Gasteiger partial charge in [0.05, 0.1) is 42.5 Å². The van der Waals surface area contributed by atoms with E-state index in [1.807, 2.05) is 6.07 Å². The lowest BCUT2D eigenvalue weighted by atomic mass is 10.2. The zero-order chi connectivity index (χ0) is 21.8. The minimum absolute atomic E-state index is 0.0413. The van der Waals surface area contributed by atoms with Gasteiger partial charge in [0.2, 0.25) is 0 Å². The third-order valence-corrected chi connectivity index (χ3v) is 5.15. The molecule has 3 heterocycles. The Labute approximate surface area is 180 Å². The summed E-state index contributed by atoms with van der Waals surface area (Å²) in [6.45, 7) is 2.18. The van der Waals surface area contributed by atoms with Gasteiger partial charge in [0.25, 0.3) is 11.5 Å². The number of benzene rings is 1. The summed E-state index contributed by atoms with van der Waals surface area (Å²) in [5.41, 5.74) is 0.945. The minimum atomic E-state index is -0.479. The molecule has 0 unspecified atom stereocenters. The largest absolute Gasteiger partial charge is 0.466 e. The predicted octanol–water partition coefficient (Wildman–Crippen LogP) is 2.85. The molecule has 1 aromatic carbocycles. The Morgan fingerprint density at radius 2 is 2.06 bits per heavy atom. The van der Waals surface area contributed by atoms with E-state index < -0.39 is 5.91 Å². The van der Waals surface area contributed by atoms with Crippen molar-refractivity contribution in [3.8, 4) is 0 Å². The summed E-state index contributed by atoms with van der Waals surface area (Å²) >= 11 is 1.20. The van der Waals surface area contributed by atoms with Crippen molar-refractivity contribution in [3.05, 3.63) is 75.7 Å². The Kier molecular flexibility index (Phi) is 5.89. The van der Waals surface area contributed by atoms with Gasteiger partial charge in [0, 0.05) is 5.38 Å². The number of amides is 1. The fourth-order valence-electron chi connectivity index (χ4n) is 2.94. The Bertz CT molecular complexity index is 1310. The maximum atomic E-state index is 12.6. The number of rotatable bonds is 7. The van der Waals surface area contributed by atoms with Crippen molar-refractivity contribution in [2.45, 2.75) is 19.9 Å². The summed E-state index contributed by atoms with van der Waals surface area (Å²) in [5, 5.41) is 5.17. The molecule has 0 atom stereocenters. The summed E-state index contributed by atoms with van der Waals surface area (Å²) in [5.74, 6) is -0.336. The van der Waals surface area contributed by atoms with Crippen LogP contribution in [-0.4, -0.2) is 33.0 Å². The van der Waals surface area contributed by atoms with E-state index in [0.29, 0.717) is 34.1 Å². The van der Waals surface area contributed by atoms with E-state index in [9.17, 15) is 14.4 Å². The van der Waals surface area contributed by atoms with Crippen molar-refractivity contribution >= 4 is 39.2 Å². The number of carbonyl (C=O) groups excluding carboxylic acids is 2. The molecule has 31 heavy (non-hydrogen) atoms. The topological polar surface area (TPSA) is 116 Å². The molecule has 9 nitrogen and oxygen atoms in total. The third-order valence-electron chi connectivity index (χ3n) is 4.35. The van der Waals surface area contributed by atoms with Gasteiger partial charge >= 0.3 is 5.97 Å². The molecule has 0 saturated heterocycles. The van der Waals surface area contributed by atoms with Gasteiger partial charge in [-0.1, -0.05) is 12.1 Å². The quantitative estimate of drug-likeness (QED) is 0.441. The molecule has 4 rings (SSSR count). The third kappa shape index (κ3) is 4.69. The Morgan fingerprint density at radius 1 is 1.23 bits per heavy atom. The summed E-state index contributed by atoms with van der Waals surface area (Å²) in [4.78, 5) is 45.0. The molecule has 0 aliphatic heterocycles. The number of carbonyl (C=O) groups is 2. The van der Waals surface area contributed by atoms with Crippen LogP contribution in [0.3, 0.4) is 0 Å². The summed E-state index contributed by atoms with van der Waals surface area (Å²) in [7, 11) is 0. The molecule has 0 bridgehead atoms. The van der Waals surface area contributed by atoms with Crippen molar-refractivity contribution in [1.82, 2.24) is 14.5 Å². The highest BCUT2D eigenvalue weighted by Crippen LogP contribution is 2.18. The smallest absolute Gasteiger partial charge is 0.311 e. The lowest BCUT2D eigenvalue weighted by molar-refractivity contribution is -0.142. The van der Waals surface area contributed by atoms with Crippen LogP contribution < -0.4 is 10.9 Å². The molecule has 0 spiro atoms. The normalized spacial score (nSPS) is 10.9. The molecule has 0 aliphatic carbocycles. The van der Waals surface area contributed by atoms with E-state index in [4.69, 9.17) is 9.15 Å². The molecule has 4 aromatic rings. The molecule has 0 aliphatic rings. The lowest BCUT2D eigenvalue weighted by Gasteiger charge is -2.04. The predicted molar refractivity (Wildman–Crippen MR) is 114 cm³/mol. The van der Waals surface area contributed by atoms with Gasteiger partial charge < -0.3 is 9.15 Å². The van der Waals surface area contributed by atoms with Gasteiger partial charge in [-0.3, -0.25) is 24.3 Å². The number of nitrogens with zero attached hydrogens (tertiary/aromatic N) is 3. The maximum absolute atomic E-state index is 12.6. The van der Waals surface area contributed by atoms with Crippen molar-refractivity contribution in [2.24, 2.45) is 0 Å². The van der Waals surface area contributed by atoms with Gasteiger partial charge in [0.15, 0.2) is 10.9 Å². The number of nitrogens with one attached hydrogen (secondary N) is 1. The van der Waals surface area contributed by atoms with Crippen LogP contribution in [-0.2, 0) is 22.5 Å². The van der Waals surface area contributed by atoms with Crippen LogP contribution in [0.2, 0.25) is 0 Å². The summed E-state index contributed by atoms with van der Waals surface area (Å²) < 4.78 is 11.9. The average Bonchev–Trinajstić information content (AvgIpc) is 3.40. The van der Waals surface area contributed by atoms with Crippen molar-refractivity contribution < 1.29 is 18.7 Å². The SMILES string of the molecule is CCOC(=O)Cc1csc(NC(=O)c2ccc(Cn3cnc4ccccc4c3=O)o2)n1. The Hall–Kier alpha value is -3.79. The fraction of sp³-hybridized carbons (Fsp3) is 0.190. The highest BCUT2D eigenvalue weighted by atomic mass is 32.1. The summed E-state index contributed by atoms with van der Waals surface area (Å²) in [6, 6.07) is 10.2. The monoisotopic (exact) mass is 438 g/mol. The maximum Gasteiger partial charge on any atom is 0.311 e. The first-order chi connectivity index (χ1) is 15.0. The number of para-hydroxylation sites is 1. The number of esters is 1. The first-order valence-corrected chi connectivity index (χ1v) is 10.4. The van der Waals surface area contributed by atoms with Crippen molar-refractivity contribution in [1.29, 1.82) is 0 Å². The molecule has 0 radical (unpaired) electrons. The first kappa shape index (κ1) is 20.5. The van der Waals surface area contributed by atoms with E-state index in [1.165, 1.54) is 28.3 Å². The van der Waals surface area contributed by atoms with Crippen LogP contribution in [0.15, 0.2) is 57.3 Å². The van der Waals surface area contributed by atoms with E-state index in [1.54, 1.807) is 36.6 Å². The van der Waals surface area contributed by atoms with Crippen LogP contribution in [0.5, 0.6) is 0 Å². The average molecular weight is 438 g/mol. The molecule has 158 valence electrons. The second-order valence-electron chi connectivity index (χ2n) is 6.54. The van der Waals surface area contributed by atoms with Gasteiger partial charge in [0.1, 0.15) is 5.76 Å². The van der Waals surface area contributed by atoms with Crippen LogP contribution >= 0.6 is 11.3 Å². The number of thiazole rings is 1. The number of fused-ring (bicyclic) bond motifs is 1. The molecule has 0 saturated carbocycles. The molecule has 10 heteroatoms. The molecular weight excluding hydrogens is 420 g/mol. The standard InChI is InChI=1S/C21H18N4O5S/c1-2-29-18(26)9-13-11-31-21(23-13)24-19(27)17-8-7-14(30-17)10-25-12-22-16-6-4-3-5-15(16)20(25)28/h3-8,11-12H,2,9-10H2,1H3,(H,23,24,27). The number of furan rings is 1. The van der Waals surface area contributed by atoms with Crippen LogP contribution in [0.4, 0.5) is 5.13 Å². The zero-order valence-corrected chi connectivity index (χ0v) is 17.3. The van der Waals surface area contributed by atoms with Crippen molar-refractivity contribution in [3.63, 3.8) is 0 Å². The van der Waals surface area contributed by atoms with E-state index >= 15 is 0 Å². The molecule has 1 amide bonds. The second-order valence-corrected chi connectivity index (χ2v) is 7.40. The fourth-order valence-corrected chi connectivity index (χ4v) is 3.64. The van der Waals surface area contributed by atoms with E-state index in [-0.39, 0.29) is 30.3 Å².